The fourth-order valence-electron chi connectivity index (χ4n) is 2.00. The van der Waals surface area contributed by atoms with Gasteiger partial charge < -0.3 is 10.2 Å². The Labute approximate surface area is 109 Å². The number of unbranched alkanes of at least 4 members (excludes halogenated alkanes) is 2. The molecular weight excluding hydrogens is 208 g/mol. The maximum Gasteiger partial charge on any atom is 0.00965 e. The second-order valence-corrected chi connectivity index (χ2v) is 6.52. The molecule has 104 valence electrons. The van der Waals surface area contributed by atoms with E-state index < -0.39 is 0 Å². The molecule has 0 saturated carbocycles. The normalized spacial score (nSPS) is 12.7. The van der Waals surface area contributed by atoms with Crippen molar-refractivity contribution in [2.24, 2.45) is 5.92 Å². The third-order valence-electron chi connectivity index (χ3n) is 2.88. The minimum atomic E-state index is 0.271. The number of hydrogen-bond acceptors (Lipinski definition) is 2. The Kier molecular flexibility index (Phi) is 8.89. The van der Waals surface area contributed by atoms with Gasteiger partial charge in [0.15, 0.2) is 0 Å². The van der Waals surface area contributed by atoms with E-state index in [-0.39, 0.29) is 5.54 Å². The summed E-state index contributed by atoms with van der Waals surface area (Å²) in [5, 5.41) is 3.54. The summed E-state index contributed by atoms with van der Waals surface area (Å²) in [5.41, 5.74) is 0.271. The van der Waals surface area contributed by atoms with E-state index in [1.807, 2.05) is 0 Å². The molecule has 0 aliphatic carbocycles. The van der Waals surface area contributed by atoms with Crippen molar-refractivity contribution in [2.75, 3.05) is 26.2 Å². The summed E-state index contributed by atoms with van der Waals surface area (Å²) in [6.45, 7) is 18.4. The Hall–Kier alpha value is -0.0800. The molecule has 0 saturated heterocycles. The van der Waals surface area contributed by atoms with E-state index >= 15 is 0 Å². The van der Waals surface area contributed by atoms with E-state index in [0.717, 1.165) is 12.5 Å². The Morgan fingerprint density at radius 1 is 1.06 bits per heavy atom. The number of hydrogen-bond donors (Lipinski definition) is 1. The first-order chi connectivity index (χ1) is 7.85. The van der Waals surface area contributed by atoms with Crippen molar-refractivity contribution in [1.29, 1.82) is 0 Å². The monoisotopic (exact) mass is 242 g/mol. The highest BCUT2D eigenvalue weighted by atomic mass is 15.1. The minimum Gasteiger partial charge on any atom is -0.312 e. The van der Waals surface area contributed by atoms with Crippen LogP contribution in [0.4, 0.5) is 0 Å². The molecule has 0 aromatic rings. The van der Waals surface area contributed by atoms with E-state index in [1.54, 1.807) is 0 Å². The molecule has 0 unspecified atom stereocenters. The lowest BCUT2D eigenvalue weighted by atomic mass is 10.1. The van der Waals surface area contributed by atoms with E-state index in [9.17, 15) is 0 Å². The molecular formula is C15H34N2. The fraction of sp³-hybridized carbons (Fsp3) is 1.00. The van der Waals surface area contributed by atoms with E-state index in [0.29, 0.717) is 0 Å². The lowest BCUT2D eigenvalue weighted by Gasteiger charge is -2.23. The van der Waals surface area contributed by atoms with Crippen molar-refractivity contribution >= 4 is 0 Å². The van der Waals surface area contributed by atoms with Gasteiger partial charge in [0.05, 0.1) is 0 Å². The van der Waals surface area contributed by atoms with Crippen LogP contribution in [-0.2, 0) is 0 Å². The van der Waals surface area contributed by atoms with Gasteiger partial charge in [-0.2, -0.15) is 0 Å². The molecule has 0 spiro atoms. The summed E-state index contributed by atoms with van der Waals surface area (Å²) in [6, 6.07) is 0. The van der Waals surface area contributed by atoms with E-state index in [2.05, 4.69) is 51.8 Å². The lowest BCUT2D eigenvalue weighted by Crippen LogP contribution is -2.36. The fourth-order valence-corrected chi connectivity index (χ4v) is 2.00. The molecule has 0 aromatic carbocycles. The summed E-state index contributed by atoms with van der Waals surface area (Å²) in [7, 11) is 0. The van der Waals surface area contributed by atoms with Gasteiger partial charge in [-0.05, 0) is 59.2 Å². The number of rotatable bonds is 9. The van der Waals surface area contributed by atoms with Gasteiger partial charge >= 0.3 is 0 Å². The second kappa shape index (κ2) is 8.93. The van der Waals surface area contributed by atoms with Gasteiger partial charge in [-0.1, -0.05) is 27.2 Å². The van der Waals surface area contributed by atoms with Gasteiger partial charge in [-0.15, -0.1) is 0 Å². The molecule has 2 heteroatoms. The molecule has 0 radical (unpaired) electrons. The predicted molar refractivity (Wildman–Crippen MR) is 78.6 cm³/mol. The summed E-state index contributed by atoms with van der Waals surface area (Å²) < 4.78 is 0. The number of nitrogens with zero attached hydrogens (tertiary/aromatic N) is 1. The molecule has 0 rings (SSSR count). The van der Waals surface area contributed by atoms with Crippen LogP contribution in [-0.4, -0.2) is 36.6 Å². The van der Waals surface area contributed by atoms with Crippen LogP contribution in [0.3, 0.4) is 0 Å². The van der Waals surface area contributed by atoms with Crippen molar-refractivity contribution < 1.29 is 0 Å². The Morgan fingerprint density at radius 3 is 2.18 bits per heavy atom. The van der Waals surface area contributed by atoms with Gasteiger partial charge in [0, 0.05) is 12.1 Å². The topological polar surface area (TPSA) is 15.3 Å². The van der Waals surface area contributed by atoms with Crippen molar-refractivity contribution in [3.8, 4) is 0 Å². The highest BCUT2D eigenvalue weighted by Crippen LogP contribution is 2.04. The standard InChI is InChI=1S/C15H34N2/c1-7-17(13-14(2)3)12-10-8-9-11-16-15(4,5)6/h14,16H,7-13H2,1-6H3. The van der Waals surface area contributed by atoms with Gasteiger partial charge in [-0.25, -0.2) is 0 Å². The van der Waals surface area contributed by atoms with Crippen molar-refractivity contribution in [3.63, 3.8) is 0 Å². The highest BCUT2D eigenvalue weighted by Gasteiger charge is 2.07. The van der Waals surface area contributed by atoms with Crippen LogP contribution in [0.5, 0.6) is 0 Å². The average Bonchev–Trinajstić information content (AvgIpc) is 2.19. The van der Waals surface area contributed by atoms with Crippen LogP contribution in [0, 0.1) is 5.92 Å². The number of nitrogens with one attached hydrogen (secondary N) is 1. The molecule has 0 aliphatic heterocycles. The zero-order chi connectivity index (χ0) is 13.3. The maximum atomic E-state index is 3.54. The molecule has 0 amide bonds. The molecule has 0 aliphatic rings. The van der Waals surface area contributed by atoms with E-state index in [1.165, 1.54) is 38.9 Å². The Bertz CT molecular complexity index is 170. The predicted octanol–water partition coefficient (Wildman–Crippen LogP) is 3.52. The zero-order valence-electron chi connectivity index (χ0n) is 13.0. The molecule has 0 atom stereocenters. The minimum absolute atomic E-state index is 0.271. The first-order valence-corrected chi connectivity index (χ1v) is 7.32. The first-order valence-electron chi connectivity index (χ1n) is 7.32. The van der Waals surface area contributed by atoms with Crippen LogP contribution >= 0.6 is 0 Å². The first kappa shape index (κ1) is 16.9. The van der Waals surface area contributed by atoms with Gasteiger partial charge in [0.25, 0.3) is 0 Å². The van der Waals surface area contributed by atoms with Crippen molar-refractivity contribution in [3.05, 3.63) is 0 Å². The molecule has 0 aromatic heterocycles. The summed E-state index contributed by atoms with van der Waals surface area (Å²) in [4.78, 5) is 2.57. The summed E-state index contributed by atoms with van der Waals surface area (Å²) >= 11 is 0. The van der Waals surface area contributed by atoms with Crippen LogP contribution < -0.4 is 5.32 Å². The molecule has 0 bridgehead atoms. The second-order valence-electron chi connectivity index (χ2n) is 6.52. The quantitative estimate of drug-likeness (QED) is 0.622. The van der Waals surface area contributed by atoms with Crippen LogP contribution in [0.2, 0.25) is 0 Å². The lowest BCUT2D eigenvalue weighted by molar-refractivity contribution is 0.250. The highest BCUT2D eigenvalue weighted by molar-refractivity contribution is 4.69. The van der Waals surface area contributed by atoms with Gasteiger partial charge in [-0.3, -0.25) is 0 Å². The molecule has 0 fully saturated rings. The smallest absolute Gasteiger partial charge is 0.00965 e. The molecule has 1 N–H and O–H groups in total. The van der Waals surface area contributed by atoms with E-state index in [4.69, 9.17) is 0 Å². The Balaban J connectivity index is 3.43. The van der Waals surface area contributed by atoms with Crippen LogP contribution in [0.1, 0.15) is 60.8 Å². The molecule has 17 heavy (non-hydrogen) atoms. The third-order valence-corrected chi connectivity index (χ3v) is 2.88. The van der Waals surface area contributed by atoms with Crippen molar-refractivity contribution in [1.82, 2.24) is 10.2 Å². The maximum absolute atomic E-state index is 3.54. The van der Waals surface area contributed by atoms with Gasteiger partial charge in [0.2, 0.25) is 0 Å². The average molecular weight is 242 g/mol. The van der Waals surface area contributed by atoms with Crippen LogP contribution in [0.25, 0.3) is 0 Å². The summed E-state index contributed by atoms with van der Waals surface area (Å²) in [5.74, 6) is 0.789. The SMILES string of the molecule is CCN(CCCCCNC(C)(C)C)CC(C)C. The van der Waals surface area contributed by atoms with Gasteiger partial charge in [0.1, 0.15) is 0 Å². The summed E-state index contributed by atoms with van der Waals surface area (Å²) in [6.07, 6.45) is 3.99. The third kappa shape index (κ3) is 12.2. The largest absolute Gasteiger partial charge is 0.312 e. The Morgan fingerprint density at radius 2 is 1.71 bits per heavy atom. The van der Waals surface area contributed by atoms with Crippen molar-refractivity contribution in [2.45, 2.75) is 66.3 Å². The molecule has 2 nitrogen and oxygen atoms in total. The molecule has 0 heterocycles. The zero-order valence-corrected chi connectivity index (χ0v) is 13.0. The van der Waals surface area contributed by atoms with Crippen LogP contribution in [0.15, 0.2) is 0 Å².